The van der Waals surface area contributed by atoms with E-state index in [9.17, 15) is 18.4 Å². The highest BCUT2D eigenvalue weighted by molar-refractivity contribution is 7.71. The van der Waals surface area contributed by atoms with Crippen LogP contribution in [0.1, 0.15) is 38.2 Å². The van der Waals surface area contributed by atoms with Gasteiger partial charge in [0.15, 0.2) is 4.77 Å². The highest BCUT2D eigenvalue weighted by atomic mass is 32.1. The molecule has 0 aliphatic heterocycles. The van der Waals surface area contributed by atoms with E-state index in [1.54, 1.807) is 6.92 Å². The lowest BCUT2D eigenvalue weighted by atomic mass is 10.1. The van der Waals surface area contributed by atoms with E-state index in [-0.39, 0.29) is 35.5 Å². The molecule has 1 aromatic heterocycles. The van der Waals surface area contributed by atoms with Gasteiger partial charge < -0.3 is 4.74 Å². The molecule has 0 fully saturated rings. The zero-order chi connectivity index (χ0) is 18.3. The highest BCUT2D eigenvalue weighted by Crippen LogP contribution is 2.28. The van der Waals surface area contributed by atoms with Gasteiger partial charge in [-0.25, -0.2) is 4.79 Å². The minimum absolute atomic E-state index is 0.176. The summed E-state index contributed by atoms with van der Waals surface area (Å²) in [7, 11) is 0. The standard InChI is InChI=1S/C16H22F2N2O3S/c1-4-13(21)23-10-8-6-7-9-16(17,18)20-11-12(3)14(22)19(5-2)15(20)24/h4,11H,1,5-10H2,2-3H3. The normalized spacial score (nSPS) is 11.3. The fourth-order valence-corrected chi connectivity index (χ4v) is 2.61. The lowest BCUT2D eigenvalue weighted by molar-refractivity contribution is -0.138. The van der Waals surface area contributed by atoms with Crippen molar-refractivity contribution in [3.63, 3.8) is 0 Å². The Morgan fingerprint density at radius 1 is 1.42 bits per heavy atom. The summed E-state index contributed by atoms with van der Waals surface area (Å²) in [6.07, 6.45) is 2.99. The number of aromatic nitrogens is 2. The van der Waals surface area contributed by atoms with Gasteiger partial charge in [-0.15, -0.1) is 0 Å². The first-order valence-corrected chi connectivity index (χ1v) is 8.16. The van der Waals surface area contributed by atoms with Crippen LogP contribution < -0.4 is 5.56 Å². The summed E-state index contributed by atoms with van der Waals surface area (Å²) in [5, 5.41) is 0. The van der Waals surface area contributed by atoms with E-state index >= 15 is 0 Å². The summed E-state index contributed by atoms with van der Waals surface area (Å²) in [6.45, 7) is 6.86. The number of esters is 1. The second-order valence-electron chi connectivity index (χ2n) is 5.36. The molecule has 0 N–H and O–H groups in total. The van der Waals surface area contributed by atoms with Crippen LogP contribution >= 0.6 is 12.2 Å². The summed E-state index contributed by atoms with van der Waals surface area (Å²) in [6, 6.07) is -3.18. The van der Waals surface area contributed by atoms with E-state index in [1.807, 2.05) is 0 Å². The SMILES string of the molecule is C=CC(=O)OCCCCCC(F)(F)n1cc(C)c(=O)n(CC)c1=S. The molecule has 0 bridgehead atoms. The Balaban J connectivity index is 2.71. The lowest BCUT2D eigenvalue weighted by Crippen LogP contribution is -2.32. The van der Waals surface area contributed by atoms with E-state index in [4.69, 9.17) is 17.0 Å². The van der Waals surface area contributed by atoms with Crippen LogP contribution in [0.25, 0.3) is 0 Å². The number of carbonyl (C=O) groups excluding carboxylic acids is 1. The number of hydrogen-bond acceptors (Lipinski definition) is 4. The maximum Gasteiger partial charge on any atom is 0.331 e. The Morgan fingerprint density at radius 3 is 2.67 bits per heavy atom. The molecule has 0 amide bonds. The van der Waals surface area contributed by atoms with E-state index in [1.165, 1.54) is 6.92 Å². The van der Waals surface area contributed by atoms with Crippen LogP contribution in [0.4, 0.5) is 8.78 Å². The average molecular weight is 360 g/mol. The predicted molar refractivity (Wildman–Crippen MR) is 89.8 cm³/mol. The Kier molecular flexibility index (Phi) is 7.47. The van der Waals surface area contributed by atoms with Gasteiger partial charge in [0.25, 0.3) is 5.56 Å². The molecule has 0 radical (unpaired) electrons. The molecule has 8 heteroatoms. The molecule has 0 saturated carbocycles. The number of nitrogens with zero attached hydrogens (tertiary/aromatic N) is 2. The Bertz CT molecular complexity index is 710. The second-order valence-corrected chi connectivity index (χ2v) is 5.73. The first kappa shape index (κ1) is 20.2. The zero-order valence-corrected chi connectivity index (χ0v) is 14.7. The summed E-state index contributed by atoms with van der Waals surface area (Å²) in [4.78, 5) is 22.7. The van der Waals surface area contributed by atoms with Gasteiger partial charge in [0.1, 0.15) is 0 Å². The minimum atomic E-state index is -3.18. The van der Waals surface area contributed by atoms with Crippen molar-refractivity contribution in [3.8, 4) is 0 Å². The summed E-state index contributed by atoms with van der Waals surface area (Å²) in [5.41, 5.74) is -0.125. The quantitative estimate of drug-likeness (QED) is 0.292. The fraction of sp³-hybridized carbons (Fsp3) is 0.562. The van der Waals surface area contributed by atoms with Gasteiger partial charge in [-0.05, 0) is 45.3 Å². The first-order valence-electron chi connectivity index (χ1n) is 7.75. The number of alkyl halides is 2. The number of unbranched alkanes of at least 4 members (excludes halogenated alkanes) is 2. The minimum Gasteiger partial charge on any atom is -0.463 e. The molecule has 0 aromatic carbocycles. The van der Waals surface area contributed by atoms with E-state index in [0.717, 1.165) is 16.8 Å². The third-order valence-electron chi connectivity index (χ3n) is 3.54. The van der Waals surface area contributed by atoms with Gasteiger partial charge in [0.2, 0.25) is 0 Å². The van der Waals surface area contributed by atoms with E-state index in [2.05, 4.69) is 6.58 Å². The fourth-order valence-electron chi connectivity index (χ4n) is 2.22. The molecule has 1 rings (SSSR count). The van der Waals surface area contributed by atoms with Gasteiger partial charge in [-0.3, -0.25) is 13.9 Å². The third kappa shape index (κ3) is 5.09. The van der Waals surface area contributed by atoms with Crippen LogP contribution in [-0.2, 0) is 22.1 Å². The van der Waals surface area contributed by atoms with Gasteiger partial charge in [0, 0.05) is 30.8 Å². The zero-order valence-electron chi connectivity index (χ0n) is 13.9. The summed E-state index contributed by atoms with van der Waals surface area (Å²) in [5.74, 6) is -0.524. The van der Waals surface area contributed by atoms with Crippen molar-refractivity contribution < 1.29 is 18.3 Å². The van der Waals surface area contributed by atoms with Gasteiger partial charge >= 0.3 is 12.0 Å². The molecular weight excluding hydrogens is 338 g/mol. The molecule has 0 atom stereocenters. The predicted octanol–water partition coefficient (Wildman–Crippen LogP) is 3.55. The number of aryl methyl sites for hydroxylation is 1. The van der Waals surface area contributed by atoms with Gasteiger partial charge in [-0.2, -0.15) is 8.78 Å². The van der Waals surface area contributed by atoms with E-state index < -0.39 is 18.4 Å². The largest absolute Gasteiger partial charge is 0.463 e. The third-order valence-corrected chi connectivity index (χ3v) is 3.96. The van der Waals surface area contributed by atoms with Gasteiger partial charge in [-0.1, -0.05) is 6.58 Å². The van der Waals surface area contributed by atoms with Crippen molar-refractivity contribution in [3.05, 3.63) is 39.5 Å². The highest BCUT2D eigenvalue weighted by Gasteiger charge is 2.31. The Hall–Kier alpha value is -1.83. The van der Waals surface area contributed by atoms with Crippen LogP contribution in [0.5, 0.6) is 0 Å². The van der Waals surface area contributed by atoms with Crippen molar-refractivity contribution in [1.29, 1.82) is 0 Å². The molecular formula is C16H22F2N2O3S. The van der Waals surface area contributed by atoms with E-state index in [0.29, 0.717) is 17.4 Å². The van der Waals surface area contributed by atoms with Crippen LogP contribution in [0.3, 0.4) is 0 Å². The molecule has 0 aliphatic carbocycles. The molecule has 0 aliphatic rings. The van der Waals surface area contributed by atoms with Crippen molar-refractivity contribution in [2.24, 2.45) is 0 Å². The second kappa shape index (κ2) is 8.86. The van der Waals surface area contributed by atoms with Crippen molar-refractivity contribution in [1.82, 2.24) is 9.13 Å². The van der Waals surface area contributed by atoms with Crippen molar-refractivity contribution in [2.75, 3.05) is 6.61 Å². The Labute approximate surface area is 144 Å². The number of ether oxygens (including phenoxy) is 1. The molecule has 0 saturated heterocycles. The van der Waals surface area contributed by atoms with Gasteiger partial charge in [0.05, 0.1) is 6.61 Å². The number of carbonyl (C=O) groups is 1. The van der Waals surface area contributed by atoms with Crippen LogP contribution in [0.2, 0.25) is 0 Å². The summed E-state index contributed by atoms with van der Waals surface area (Å²) < 4.78 is 35.3. The number of halogens is 2. The maximum absolute atomic E-state index is 14.4. The van der Waals surface area contributed by atoms with Crippen molar-refractivity contribution >= 4 is 18.2 Å². The van der Waals surface area contributed by atoms with Crippen molar-refractivity contribution in [2.45, 2.75) is 52.1 Å². The smallest absolute Gasteiger partial charge is 0.331 e. The maximum atomic E-state index is 14.4. The van der Waals surface area contributed by atoms with Crippen LogP contribution in [0.15, 0.2) is 23.6 Å². The molecule has 134 valence electrons. The first-order chi connectivity index (χ1) is 11.2. The monoisotopic (exact) mass is 360 g/mol. The van der Waals surface area contributed by atoms with Crippen LogP contribution in [-0.4, -0.2) is 21.7 Å². The lowest BCUT2D eigenvalue weighted by Gasteiger charge is -2.22. The molecule has 1 aromatic rings. The number of rotatable bonds is 9. The molecule has 0 spiro atoms. The summed E-state index contributed by atoms with van der Waals surface area (Å²) >= 11 is 5.03. The molecule has 5 nitrogen and oxygen atoms in total. The molecule has 1 heterocycles. The average Bonchev–Trinajstić information content (AvgIpc) is 2.54. The Morgan fingerprint density at radius 2 is 2.08 bits per heavy atom. The molecule has 0 unspecified atom stereocenters. The topological polar surface area (TPSA) is 53.2 Å². The van der Waals surface area contributed by atoms with Crippen LogP contribution in [0, 0.1) is 11.7 Å². The number of hydrogen-bond donors (Lipinski definition) is 0. The molecule has 24 heavy (non-hydrogen) atoms.